The molecule has 7 nitrogen and oxygen atoms in total. The largest absolute Gasteiger partial charge is 0.490 e. The van der Waals surface area contributed by atoms with Crippen molar-refractivity contribution in [1.82, 2.24) is 4.90 Å². The van der Waals surface area contributed by atoms with Crippen LogP contribution in [-0.4, -0.2) is 37.6 Å². The van der Waals surface area contributed by atoms with Gasteiger partial charge in [-0.15, -0.1) is 0 Å². The quantitative estimate of drug-likeness (QED) is 0.439. The number of nitrogens with zero attached hydrogens (tertiary/aromatic N) is 2. The van der Waals surface area contributed by atoms with Gasteiger partial charge in [-0.05, 0) is 54.2 Å². The molecule has 38 heavy (non-hydrogen) atoms. The Morgan fingerprint density at radius 1 is 1.13 bits per heavy atom. The second-order valence-corrected chi connectivity index (χ2v) is 10.8. The highest BCUT2D eigenvalue weighted by Gasteiger charge is 2.44. The van der Waals surface area contributed by atoms with E-state index < -0.39 is 5.92 Å². The first-order chi connectivity index (χ1) is 18.2. The molecule has 0 fully saturated rings. The number of benzene rings is 2. The van der Waals surface area contributed by atoms with Gasteiger partial charge in [0.25, 0.3) is 0 Å². The highest BCUT2D eigenvalue weighted by atomic mass is 35.5. The highest BCUT2D eigenvalue weighted by molar-refractivity contribution is 6.30. The molecule has 1 aliphatic heterocycles. The van der Waals surface area contributed by atoms with Gasteiger partial charge >= 0.3 is 0 Å². The fourth-order valence-electron chi connectivity index (χ4n) is 5.18. The van der Waals surface area contributed by atoms with Crippen LogP contribution in [0.1, 0.15) is 50.7 Å². The molecule has 1 atom stereocenters. The minimum atomic E-state index is -0.582. The topological polar surface area (TPSA) is 97.8 Å². The third-order valence-corrected chi connectivity index (χ3v) is 7.17. The lowest BCUT2D eigenvalue weighted by Gasteiger charge is -2.43. The molecule has 0 saturated heterocycles. The van der Waals surface area contributed by atoms with Crippen molar-refractivity contribution >= 4 is 17.4 Å². The number of carbonyl (C=O) groups is 1. The smallest absolute Gasteiger partial charge is 0.162 e. The molecule has 0 aromatic heterocycles. The number of Topliss-reactive ketones (excluding diaryl/α,β-unsaturated/α-hetero) is 1. The number of ketones is 1. The van der Waals surface area contributed by atoms with Crippen LogP contribution in [0.5, 0.6) is 11.5 Å². The number of carbonyl (C=O) groups excluding carboxylic acids is 1. The van der Waals surface area contributed by atoms with Gasteiger partial charge in [0.1, 0.15) is 12.4 Å². The van der Waals surface area contributed by atoms with Crippen molar-refractivity contribution in [3.63, 3.8) is 0 Å². The number of rotatable bonds is 9. The molecule has 1 heterocycles. The number of methoxy groups -OCH3 is 1. The maximum atomic E-state index is 13.6. The Kier molecular flexibility index (Phi) is 8.35. The second-order valence-electron chi connectivity index (χ2n) is 10.3. The van der Waals surface area contributed by atoms with E-state index >= 15 is 0 Å². The SMILES string of the molecule is CCOc1cc([C@H]2C(C#N)=C(N)N(CCOC)C3=C2C(=O)CC(C)(C)C3)ccc1OCc1ccc(Cl)cc1. The van der Waals surface area contributed by atoms with E-state index in [-0.39, 0.29) is 11.2 Å². The van der Waals surface area contributed by atoms with Gasteiger partial charge in [0.05, 0.1) is 30.8 Å². The van der Waals surface area contributed by atoms with Crippen molar-refractivity contribution in [2.24, 2.45) is 11.1 Å². The number of allylic oxidation sites excluding steroid dienone is 3. The van der Waals surface area contributed by atoms with E-state index in [1.807, 2.05) is 54.3 Å². The van der Waals surface area contributed by atoms with E-state index in [2.05, 4.69) is 19.9 Å². The summed E-state index contributed by atoms with van der Waals surface area (Å²) >= 11 is 6.00. The fraction of sp³-hybridized carbons (Fsp3) is 0.400. The molecule has 2 aromatic carbocycles. The first-order valence-corrected chi connectivity index (χ1v) is 13.1. The Morgan fingerprint density at radius 3 is 2.53 bits per heavy atom. The van der Waals surface area contributed by atoms with Crippen LogP contribution in [0.15, 0.2) is 65.1 Å². The minimum Gasteiger partial charge on any atom is -0.490 e. The molecule has 4 rings (SSSR count). The van der Waals surface area contributed by atoms with Crippen molar-refractivity contribution in [3.8, 4) is 17.6 Å². The monoisotopic (exact) mass is 535 g/mol. The number of hydrogen-bond acceptors (Lipinski definition) is 7. The zero-order valence-corrected chi connectivity index (χ0v) is 23.1. The van der Waals surface area contributed by atoms with Crippen LogP contribution in [-0.2, 0) is 16.1 Å². The summed E-state index contributed by atoms with van der Waals surface area (Å²) in [6, 6.07) is 15.3. The summed E-state index contributed by atoms with van der Waals surface area (Å²) in [5.74, 6) is 0.929. The molecule has 0 saturated carbocycles. The summed E-state index contributed by atoms with van der Waals surface area (Å²) in [7, 11) is 1.62. The van der Waals surface area contributed by atoms with Crippen molar-refractivity contribution in [2.45, 2.75) is 46.1 Å². The van der Waals surface area contributed by atoms with E-state index in [1.165, 1.54) is 0 Å². The number of hydrogen-bond donors (Lipinski definition) is 1. The highest BCUT2D eigenvalue weighted by Crippen LogP contribution is 2.49. The van der Waals surface area contributed by atoms with Crippen molar-refractivity contribution in [3.05, 3.63) is 81.3 Å². The van der Waals surface area contributed by atoms with Crippen LogP contribution in [0.4, 0.5) is 0 Å². The molecule has 200 valence electrons. The molecular weight excluding hydrogens is 502 g/mol. The average Bonchev–Trinajstić information content (AvgIpc) is 2.87. The predicted octanol–water partition coefficient (Wildman–Crippen LogP) is 5.70. The van der Waals surface area contributed by atoms with Gasteiger partial charge in [-0.2, -0.15) is 5.26 Å². The average molecular weight is 536 g/mol. The Morgan fingerprint density at radius 2 is 1.87 bits per heavy atom. The lowest BCUT2D eigenvalue weighted by atomic mass is 9.68. The minimum absolute atomic E-state index is 0.0324. The van der Waals surface area contributed by atoms with Gasteiger partial charge in [-0.1, -0.05) is 43.6 Å². The summed E-state index contributed by atoms with van der Waals surface area (Å²) < 4.78 is 17.3. The summed E-state index contributed by atoms with van der Waals surface area (Å²) in [4.78, 5) is 15.5. The molecule has 0 radical (unpaired) electrons. The summed E-state index contributed by atoms with van der Waals surface area (Å²) in [5.41, 5.74) is 9.97. The molecular formula is C30H34ClN3O4. The molecule has 2 aliphatic rings. The van der Waals surface area contributed by atoms with E-state index in [1.54, 1.807) is 7.11 Å². The van der Waals surface area contributed by atoms with Crippen molar-refractivity contribution < 1.29 is 19.0 Å². The molecule has 0 bridgehead atoms. The van der Waals surface area contributed by atoms with Gasteiger partial charge < -0.3 is 24.8 Å². The summed E-state index contributed by atoms with van der Waals surface area (Å²) in [6.07, 6.45) is 1.08. The van der Waals surface area contributed by atoms with Crippen LogP contribution in [0, 0.1) is 16.7 Å². The van der Waals surface area contributed by atoms with Crippen LogP contribution in [0.25, 0.3) is 0 Å². The van der Waals surface area contributed by atoms with Gasteiger partial charge in [0.15, 0.2) is 17.3 Å². The van der Waals surface area contributed by atoms with E-state index in [0.29, 0.717) is 72.7 Å². The molecule has 1 aliphatic carbocycles. The Hall–Kier alpha value is -3.47. The van der Waals surface area contributed by atoms with E-state index in [0.717, 1.165) is 16.8 Å². The van der Waals surface area contributed by atoms with Gasteiger partial charge in [-0.3, -0.25) is 4.79 Å². The third kappa shape index (κ3) is 5.67. The first-order valence-electron chi connectivity index (χ1n) is 12.8. The van der Waals surface area contributed by atoms with Crippen LogP contribution in [0.2, 0.25) is 5.02 Å². The standard InChI is InChI=1S/C30H34ClN3O4/c1-5-37-26-14-20(8-11-25(26)38-18-19-6-9-21(31)10-7-19)27-22(17-32)29(33)34(12-13-36-4)23-15-30(2,3)16-24(35)28(23)27/h6-11,14,27H,5,12-13,15-16,18,33H2,1-4H3/t27-/m0/s1. The summed E-state index contributed by atoms with van der Waals surface area (Å²) in [5, 5.41) is 10.9. The van der Waals surface area contributed by atoms with Crippen LogP contribution in [0.3, 0.4) is 0 Å². The molecule has 2 N–H and O–H groups in total. The summed E-state index contributed by atoms with van der Waals surface area (Å²) in [6.45, 7) is 7.72. The zero-order chi connectivity index (χ0) is 27.4. The van der Waals surface area contributed by atoms with E-state index in [9.17, 15) is 10.1 Å². The lowest BCUT2D eigenvalue weighted by Crippen LogP contribution is -2.43. The molecule has 2 aromatic rings. The predicted molar refractivity (Wildman–Crippen MR) is 147 cm³/mol. The molecule has 8 heteroatoms. The number of ether oxygens (including phenoxy) is 3. The lowest BCUT2D eigenvalue weighted by molar-refractivity contribution is -0.118. The second kappa shape index (κ2) is 11.5. The maximum absolute atomic E-state index is 13.6. The number of nitriles is 1. The fourth-order valence-corrected chi connectivity index (χ4v) is 5.31. The number of nitrogens with two attached hydrogens (primary N) is 1. The van der Waals surface area contributed by atoms with Crippen molar-refractivity contribution in [2.75, 3.05) is 26.9 Å². The Labute approximate surface area is 229 Å². The Balaban J connectivity index is 1.76. The maximum Gasteiger partial charge on any atom is 0.162 e. The van der Waals surface area contributed by atoms with Crippen LogP contribution < -0.4 is 15.2 Å². The molecule has 0 amide bonds. The molecule has 0 spiro atoms. The van der Waals surface area contributed by atoms with E-state index in [4.69, 9.17) is 31.5 Å². The number of halogens is 1. The normalized spacial score (nSPS) is 18.8. The van der Waals surface area contributed by atoms with Gasteiger partial charge in [0, 0.05) is 36.4 Å². The van der Waals surface area contributed by atoms with Gasteiger partial charge in [-0.25, -0.2) is 0 Å². The zero-order valence-electron chi connectivity index (χ0n) is 22.3. The van der Waals surface area contributed by atoms with Crippen LogP contribution >= 0.6 is 11.6 Å². The third-order valence-electron chi connectivity index (χ3n) is 6.91. The first kappa shape index (κ1) is 27.6. The molecule has 0 unspecified atom stereocenters. The van der Waals surface area contributed by atoms with Crippen molar-refractivity contribution in [1.29, 1.82) is 5.26 Å². The Bertz CT molecular complexity index is 1310. The van der Waals surface area contributed by atoms with Gasteiger partial charge in [0.2, 0.25) is 0 Å².